The van der Waals surface area contributed by atoms with Gasteiger partial charge in [-0.25, -0.2) is 0 Å². The van der Waals surface area contributed by atoms with E-state index in [2.05, 4.69) is 27.4 Å². The molecule has 0 aliphatic carbocycles. The second kappa shape index (κ2) is 17.5. The van der Waals surface area contributed by atoms with Crippen LogP contribution in [0.3, 0.4) is 0 Å². The quantitative estimate of drug-likeness (QED) is 0.304. The van der Waals surface area contributed by atoms with Gasteiger partial charge in [-0.3, -0.25) is 19.5 Å². The Labute approximate surface area is 201 Å². The molecule has 2 rings (SSSR count). The molecule has 1 atom stereocenters. The fraction of sp³-hybridized carbons (Fsp3) is 0.741. The Morgan fingerprint density at radius 1 is 0.939 bits per heavy atom. The molecule has 6 nitrogen and oxygen atoms in total. The van der Waals surface area contributed by atoms with Crippen LogP contribution in [-0.2, 0) is 16.1 Å². The number of unbranched alkanes of at least 4 members (excludes halogenated alkanes) is 9. The zero-order valence-electron chi connectivity index (χ0n) is 20.8. The summed E-state index contributed by atoms with van der Waals surface area (Å²) in [7, 11) is 0. The summed E-state index contributed by atoms with van der Waals surface area (Å²) in [5, 5.41) is 6.05. The van der Waals surface area contributed by atoms with E-state index in [1.807, 2.05) is 18.2 Å². The largest absolute Gasteiger partial charge is 0.356 e. The monoisotopic (exact) mass is 458 g/mol. The molecule has 0 aromatic carbocycles. The molecule has 2 amide bonds. The molecule has 0 spiro atoms. The molecule has 1 aliphatic heterocycles. The van der Waals surface area contributed by atoms with E-state index in [4.69, 9.17) is 0 Å². The van der Waals surface area contributed by atoms with Crippen molar-refractivity contribution in [2.24, 2.45) is 0 Å². The van der Waals surface area contributed by atoms with E-state index < -0.39 is 0 Å². The number of nitrogens with zero attached hydrogens (tertiary/aromatic N) is 2. The Balaban J connectivity index is 1.44. The highest BCUT2D eigenvalue weighted by Crippen LogP contribution is 2.19. The maximum atomic E-state index is 12.6. The minimum absolute atomic E-state index is 0.0780. The number of likely N-dealkylation sites (tertiary alicyclic amines) is 1. The molecular weight excluding hydrogens is 412 g/mol. The van der Waals surface area contributed by atoms with Crippen LogP contribution in [0.15, 0.2) is 24.4 Å². The lowest BCUT2D eigenvalue weighted by atomic mass is 10.1. The zero-order valence-corrected chi connectivity index (χ0v) is 20.8. The van der Waals surface area contributed by atoms with Gasteiger partial charge in [-0.05, 0) is 44.4 Å². The minimum atomic E-state index is -0.0860. The number of pyridine rings is 1. The summed E-state index contributed by atoms with van der Waals surface area (Å²) < 4.78 is 0. The van der Waals surface area contributed by atoms with E-state index in [1.54, 1.807) is 6.20 Å². The molecule has 0 saturated carbocycles. The van der Waals surface area contributed by atoms with Gasteiger partial charge in [-0.15, -0.1) is 0 Å². The summed E-state index contributed by atoms with van der Waals surface area (Å²) in [5.41, 5.74) is 0.997. The Kier molecular flexibility index (Phi) is 14.5. The third-order valence-corrected chi connectivity index (χ3v) is 6.49. The van der Waals surface area contributed by atoms with E-state index in [-0.39, 0.29) is 17.9 Å². The van der Waals surface area contributed by atoms with Gasteiger partial charge < -0.3 is 10.6 Å². The topological polar surface area (TPSA) is 74.3 Å². The predicted octanol–water partition coefficient (Wildman–Crippen LogP) is 4.98. The first-order valence-corrected chi connectivity index (χ1v) is 13.4. The highest BCUT2D eigenvalue weighted by atomic mass is 16.2. The van der Waals surface area contributed by atoms with Crippen LogP contribution in [-0.4, -0.2) is 47.4 Å². The summed E-state index contributed by atoms with van der Waals surface area (Å²) in [6.07, 6.45) is 17.9. The summed E-state index contributed by atoms with van der Waals surface area (Å²) in [4.78, 5) is 31.2. The van der Waals surface area contributed by atoms with Crippen LogP contribution in [0.1, 0.15) is 103 Å². The van der Waals surface area contributed by atoms with Gasteiger partial charge >= 0.3 is 0 Å². The van der Waals surface area contributed by atoms with Gasteiger partial charge in [0.05, 0.1) is 11.7 Å². The van der Waals surface area contributed by atoms with Crippen LogP contribution in [0.25, 0.3) is 0 Å². The molecule has 33 heavy (non-hydrogen) atoms. The van der Waals surface area contributed by atoms with Crippen LogP contribution in [0, 0.1) is 0 Å². The maximum absolute atomic E-state index is 12.6. The van der Waals surface area contributed by atoms with Crippen molar-refractivity contribution >= 4 is 11.8 Å². The van der Waals surface area contributed by atoms with E-state index in [1.165, 1.54) is 57.8 Å². The smallest absolute Gasteiger partial charge is 0.237 e. The Morgan fingerprint density at radius 2 is 1.64 bits per heavy atom. The second-order valence-corrected chi connectivity index (χ2v) is 9.38. The van der Waals surface area contributed by atoms with Crippen LogP contribution in [0.5, 0.6) is 0 Å². The molecule has 2 N–H and O–H groups in total. The van der Waals surface area contributed by atoms with Gasteiger partial charge in [-0.2, -0.15) is 0 Å². The first kappa shape index (κ1) is 27.3. The third-order valence-electron chi connectivity index (χ3n) is 6.49. The van der Waals surface area contributed by atoms with Crippen molar-refractivity contribution in [1.82, 2.24) is 20.5 Å². The standard InChI is InChI=1S/C27H46N4O2/c1-2-3-4-5-6-7-8-9-10-12-20-29-26(32)18-14-21-30-27(33)25-17-15-22-31(25)23-24-16-11-13-19-28-24/h11,13,16,19,25H,2-10,12,14-15,17-18,20-23H2,1H3,(H,29,32)(H,30,33)/t25-/m0/s1. The molecule has 6 heteroatoms. The molecule has 186 valence electrons. The molecule has 0 unspecified atom stereocenters. The Bertz CT molecular complexity index is 653. The molecular formula is C27H46N4O2. The van der Waals surface area contributed by atoms with Crippen molar-refractivity contribution in [3.8, 4) is 0 Å². The zero-order chi connectivity index (χ0) is 23.6. The number of rotatable bonds is 18. The number of amides is 2. The summed E-state index contributed by atoms with van der Waals surface area (Å²) in [6, 6.07) is 5.80. The number of hydrogen-bond acceptors (Lipinski definition) is 4. The average Bonchev–Trinajstić information content (AvgIpc) is 3.29. The molecule has 1 aromatic rings. The van der Waals surface area contributed by atoms with Gasteiger partial charge in [0.2, 0.25) is 11.8 Å². The summed E-state index contributed by atoms with van der Waals surface area (Å²) in [5.74, 6) is 0.173. The normalized spacial score (nSPS) is 16.1. The van der Waals surface area contributed by atoms with Gasteiger partial charge in [0, 0.05) is 32.3 Å². The Hall–Kier alpha value is -1.95. The highest BCUT2D eigenvalue weighted by molar-refractivity contribution is 5.82. The molecule has 2 heterocycles. The molecule has 1 aromatic heterocycles. The van der Waals surface area contributed by atoms with Crippen molar-refractivity contribution in [3.05, 3.63) is 30.1 Å². The number of carbonyl (C=O) groups is 2. The van der Waals surface area contributed by atoms with E-state index in [0.29, 0.717) is 25.9 Å². The SMILES string of the molecule is CCCCCCCCCCCCNC(=O)CCCNC(=O)[C@@H]1CCCN1Cc1ccccn1. The van der Waals surface area contributed by atoms with Crippen molar-refractivity contribution in [3.63, 3.8) is 0 Å². The van der Waals surface area contributed by atoms with Gasteiger partial charge in [0.1, 0.15) is 0 Å². The lowest BCUT2D eigenvalue weighted by Gasteiger charge is -2.23. The van der Waals surface area contributed by atoms with Crippen molar-refractivity contribution in [1.29, 1.82) is 0 Å². The highest BCUT2D eigenvalue weighted by Gasteiger charge is 2.30. The van der Waals surface area contributed by atoms with E-state index >= 15 is 0 Å². The van der Waals surface area contributed by atoms with E-state index in [9.17, 15) is 9.59 Å². The van der Waals surface area contributed by atoms with Crippen LogP contribution in [0.4, 0.5) is 0 Å². The molecule has 1 fully saturated rings. The van der Waals surface area contributed by atoms with Gasteiger partial charge in [0.15, 0.2) is 0 Å². The fourth-order valence-electron chi connectivity index (χ4n) is 4.52. The second-order valence-electron chi connectivity index (χ2n) is 9.38. The van der Waals surface area contributed by atoms with Gasteiger partial charge in [-0.1, -0.05) is 70.8 Å². The summed E-state index contributed by atoms with van der Waals surface area (Å²) in [6.45, 7) is 5.22. The number of carbonyl (C=O) groups excluding carboxylic acids is 2. The van der Waals surface area contributed by atoms with E-state index in [0.717, 1.165) is 38.0 Å². The third kappa shape index (κ3) is 12.2. The van der Waals surface area contributed by atoms with Crippen LogP contribution < -0.4 is 10.6 Å². The molecule has 0 bridgehead atoms. The predicted molar refractivity (Wildman–Crippen MR) is 135 cm³/mol. The molecule has 1 saturated heterocycles. The lowest BCUT2D eigenvalue weighted by Crippen LogP contribution is -2.43. The lowest BCUT2D eigenvalue weighted by molar-refractivity contribution is -0.126. The molecule has 0 radical (unpaired) electrons. The number of nitrogens with one attached hydrogen (secondary N) is 2. The minimum Gasteiger partial charge on any atom is -0.356 e. The fourth-order valence-corrected chi connectivity index (χ4v) is 4.52. The first-order chi connectivity index (χ1) is 16.2. The maximum Gasteiger partial charge on any atom is 0.237 e. The first-order valence-electron chi connectivity index (χ1n) is 13.4. The van der Waals surface area contributed by atoms with Crippen molar-refractivity contribution < 1.29 is 9.59 Å². The Morgan fingerprint density at radius 3 is 2.33 bits per heavy atom. The van der Waals surface area contributed by atoms with Crippen LogP contribution >= 0.6 is 0 Å². The summed E-state index contributed by atoms with van der Waals surface area (Å²) >= 11 is 0. The molecule has 1 aliphatic rings. The van der Waals surface area contributed by atoms with Crippen molar-refractivity contribution in [2.45, 2.75) is 109 Å². The van der Waals surface area contributed by atoms with Crippen LogP contribution in [0.2, 0.25) is 0 Å². The number of hydrogen-bond donors (Lipinski definition) is 2. The average molecular weight is 459 g/mol. The van der Waals surface area contributed by atoms with Gasteiger partial charge in [0.25, 0.3) is 0 Å². The van der Waals surface area contributed by atoms with Crippen molar-refractivity contribution in [2.75, 3.05) is 19.6 Å². The number of aromatic nitrogens is 1.